The van der Waals surface area contributed by atoms with Gasteiger partial charge in [0.05, 0.1) is 10.4 Å². The topological polar surface area (TPSA) is 65.5 Å². The van der Waals surface area contributed by atoms with Crippen molar-refractivity contribution >= 4 is 33.2 Å². The number of piperidine rings is 1. The van der Waals surface area contributed by atoms with Crippen LogP contribution in [0.15, 0.2) is 48.5 Å². The van der Waals surface area contributed by atoms with Gasteiger partial charge in [-0.3, -0.25) is 4.79 Å². The number of nitrogens with zero attached hydrogens (tertiary/aromatic N) is 2. The molecule has 2 heterocycles. The number of amides is 1. The summed E-state index contributed by atoms with van der Waals surface area (Å²) in [5.41, 5.74) is 2.86. The molecule has 1 saturated heterocycles. The van der Waals surface area contributed by atoms with Gasteiger partial charge < -0.3 is 15.3 Å². The number of fused-ring (bicyclic) bond motifs is 1. The Morgan fingerprint density at radius 1 is 1.14 bits per heavy atom. The number of aliphatic hydroxyl groups excluding tert-OH is 1. The average molecular weight is 396 g/mol. The molecule has 1 aliphatic rings. The van der Waals surface area contributed by atoms with Gasteiger partial charge in [0.2, 0.25) is 0 Å². The smallest absolute Gasteiger partial charge is 0.253 e. The van der Waals surface area contributed by atoms with Gasteiger partial charge in [-0.15, -0.1) is 0 Å². The van der Waals surface area contributed by atoms with Gasteiger partial charge in [-0.2, -0.15) is 4.37 Å². The Bertz CT molecular complexity index is 930. The zero-order valence-corrected chi connectivity index (χ0v) is 16.6. The van der Waals surface area contributed by atoms with E-state index in [1.54, 1.807) is 11.5 Å². The number of aliphatic hydroxyl groups is 1. The zero-order chi connectivity index (χ0) is 19.3. The van der Waals surface area contributed by atoms with Gasteiger partial charge in [-0.1, -0.05) is 18.2 Å². The predicted octanol–water partition coefficient (Wildman–Crippen LogP) is 3.80. The van der Waals surface area contributed by atoms with Gasteiger partial charge in [-0.05, 0) is 60.6 Å². The van der Waals surface area contributed by atoms with Gasteiger partial charge in [0.1, 0.15) is 0 Å². The second-order valence-corrected chi connectivity index (χ2v) is 8.10. The first-order valence-corrected chi connectivity index (χ1v) is 10.6. The van der Waals surface area contributed by atoms with Gasteiger partial charge >= 0.3 is 0 Å². The third-order valence-corrected chi connectivity index (χ3v) is 6.30. The maximum absolute atomic E-state index is 12.6. The molecule has 4 rings (SSSR count). The summed E-state index contributed by atoms with van der Waals surface area (Å²) in [4.78, 5) is 14.5. The number of benzene rings is 2. The van der Waals surface area contributed by atoms with Crippen LogP contribution in [-0.4, -0.2) is 46.5 Å². The third-order valence-electron chi connectivity index (χ3n) is 5.43. The van der Waals surface area contributed by atoms with Crippen LogP contribution in [0.4, 0.5) is 5.69 Å². The van der Waals surface area contributed by atoms with E-state index in [1.807, 2.05) is 35.2 Å². The molecule has 0 atom stereocenters. The van der Waals surface area contributed by atoms with E-state index in [2.05, 4.69) is 27.9 Å². The third kappa shape index (κ3) is 4.18. The normalized spacial score (nSPS) is 15.1. The molecular weight excluding hydrogens is 370 g/mol. The number of carbonyl (C=O) groups excluding carboxylic acids is 1. The number of likely N-dealkylation sites (tertiary alicyclic amines) is 1. The summed E-state index contributed by atoms with van der Waals surface area (Å²) in [5.74, 6) is 0.419. The minimum Gasteiger partial charge on any atom is -0.396 e. The van der Waals surface area contributed by atoms with Crippen LogP contribution in [0, 0.1) is 5.92 Å². The second kappa shape index (κ2) is 8.71. The quantitative estimate of drug-likeness (QED) is 0.666. The Labute approximate surface area is 169 Å². The molecule has 1 aliphatic heterocycles. The number of carbonyl (C=O) groups is 1. The van der Waals surface area contributed by atoms with Gasteiger partial charge in [-0.25, -0.2) is 0 Å². The van der Waals surface area contributed by atoms with Crippen LogP contribution in [-0.2, 0) is 6.42 Å². The predicted molar refractivity (Wildman–Crippen MR) is 114 cm³/mol. The second-order valence-electron chi connectivity index (χ2n) is 7.30. The molecule has 6 heteroatoms. The highest BCUT2D eigenvalue weighted by Gasteiger charge is 2.23. The van der Waals surface area contributed by atoms with E-state index in [0.29, 0.717) is 5.92 Å². The summed E-state index contributed by atoms with van der Waals surface area (Å²) < 4.78 is 5.79. The number of hydrogen-bond donors (Lipinski definition) is 2. The molecule has 0 saturated carbocycles. The molecule has 2 N–H and O–H groups in total. The molecule has 28 heavy (non-hydrogen) atoms. The monoisotopic (exact) mass is 395 g/mol. The van der Waals surface area contributed by atoms with Crippen molar-refractivity contribution in [2.24, 2.45) is 5.92 Å². The van der Waals surface area contributed by atoms with Crippen molar-refractivity contribution in [3.8, 4) is 0 Å². The molecule has 3 aromatic rings. The maximum Gasteiger partial charge on any atom is 0.253 e. The molecule has 0 aliphatic carbocycles. The molecule has 2 aromatic carbocycles. The van der Waals surface area contributed by atoms with Gasteiger partial charge in [0.15, 0.2) is 0 Å². The highest BCUT2D eigenvalue weighted by molar-refractivity contribution is 7.13. The first-order valence-electron chi connectivity index (χ1n) is 9.82. The summed E-state index contributed by atoms with van der Waals surface area (Å²) >= 11 is 1.55. The lowest BCUT2D eigenvalue weighted by atomic mass is 9.97. The first kappa shape index (κ1) is 18.9. The fraction of sp³-hybridized carbons (Fsp3) is 0.364. The molecule has 1 fully saturated rings. The lowest BCUT2D eigenvalue weighted by Gasteiger charge is -2.31. The molecule has 1 aromatic heterocycles. The number of anilines is 1. The molecule has 0 radical (unpaired) electrons. The van der Waals surface area contributed by atoms with Crippen molar-refractivity contribution in [3.05, 3.63) is 59.8 Å². The molecule has 0 spiro atoms. The summed E-state index contributed by atoms with van der Waals surface area (Å²) in [6.45, 7) is 2.48. The molecule has 146 valence electrons. The number of rotatable bonds is 6. The largest absolute Gasteiger partial charge is 0.396 e. The fourth-order valence-corrected chi connectivity index (χ4v) is 4.50. The highest BCUT2D eigenvalue weighted by atomic mass is 32.1. The van der Waals surface area contributed by atoms with E-state index in [9.17, 15) is 9.90 Å². The summed E-state index contributed by atoms with van der Waals surface area (Å²) in [6, 6.07) is 16.0. The van der Waals surface area contributed by atoms with E-state index in [-0.39, 0.29) is 12.5 Å². The van der Waals surface area contributed by atoms with E-state index in [0.717, 1.165) is 55.8 Å². The lowest BCUT2D eigenvalue weighted by Crippen LogP contribution is -2.39. The Hall–Kier alpha value is -2.44. The van der Waals surface area contributed by atoms with Crippen molar-refractivity contribution in [3.63, 3.8) is 0 Å². The first-order chi connectivity index (χ1) is 13.7. The molecule has 5 nitrogen and oxygen atoms in total. The van der Waals surface area contributed by atoms with Crippen LogP contribution < -0.4 is 5.32 Å². The van der Waals surface area contributed by atoms with E-state index >= 15 is 0 Å². The van der Waals surface area contributed by atoms with Crippen molar-refractivity contribution in [1.29, 1.82) is 0 Å². The Morgan fingerprint density at radius 2 is 1.89 bits per heavy atom. The summed E-state index contributed by atoms with van der Waals surface area (Å²) in [6.07, 6.45) is 2.63. The van der Waals surface area contributed by atoms with E-state index in [4.69, 9.17) is 0 Å². The van der Waals surface area contributed by atoms with E-state index in [1.165, 1.54) is 10.1 Å². The Kier molecular flexibility index (Phi) is 5.88. The Morgan fingerprint density at radius 3 is 2.64 bits per heavy atom. The number of nitrogens with one attached hydrogen (secondary N) is 1. The Balaban J connectivity index is 1.30. The van der Waals surface area contributed by atoms with E-state index < -0.39 is 0 Å². The van der Waals surface area contributed by atoms with Crippen LogP contribution in [0.3, 0.4) is 0 Å². The number of aromatic nitrogens is 1. The maximum atomic E-state index is 12.6. The van der Waals surface area contributed by atoms with Crippen molar-refractivity contribution in [2.75, 3.05) is 31.6 Å². The van der Waals surface area contributed by atoms with Crippen LogP contribution in [0.2, 0.25) is 0 Å². The summed E-state index contributed by atoms with van der Waals surface area (Å²) in [5, 5.41) is 13.9. The van der Waals surface area contributed by atoms with Crippen LogP contribution in [0.1, 0.15) is 28.9 Å². The lowest BCUT2D eigenvalue weighted by molar-refractivity contribution is 0.0651. The SMILES string of the molecule is O=C(c1ccc(NCCc2nsc3ccccc23)cc1)N1CCC(CO)CC1. The van der Waals surface area contributed by atoms with Crippen LogP contribution >= 0.6 is 11.5 Å². The van der Waals surface area contributed by atoms with Crippen molar-refractivity contribution in [2.45, 2.75) is 19.3 Å². The number of hydrogen-bond acceptors (Lipinski definition) is 5. The van der Waals surface area contributed by atoms with Crippen LogP contribution in [0.25, 0.3) is 10.1 Å². The van der Waals surface area contributed by atoms with Crippen LogP contribution in [0.5, 0.6) is 0 Å². The summed E-state index contributed by atoms with van der Waals surface area (Å²) in [7, 11) is 0. The fourth-order valence-electron chi connectivity index (χ4n) is 3.68. The standard InChI is InChI=1S/C22H25N3O2S/c26-15-16-10-13-25(14-11-16)22(27)17-5-7-18(8-6-17)23-12-9-20-19-3-1-2-4-21(19)28-24-20/h1-8,16,23,26H,9-15H2. The zero-order valence-electron chi connectivity index (χ0n) is 15.8. The van der Waals surface area contributed by atoms with Crippen molar-refractivity contribution in [1.82, 2.24) is 9.27 Å². The average Bonchev–Trinajstić information content (AvgIpc) is 3.17. The minimum absolute atomic E-state index is 0.0804. The molecule has 0 unspecified atom stereocenters. The molecule has 1 amide bonds. The van der Waals surface area contributed by atoms with Crippen molar-refractivity contribution < 1.29 is 9.90 Å². The molecule has 0 bridgehead atoms. The highest BCUT2D eigenvalue weighted by Crippen LogP contribution is 2.23. The van der Waals surface area contributed by atoms with Gasteiger partial charge in [0, 0.05) is 49.3 Å². The van der Waals surface area contributed by atoms with Gasteiger partial charge in [0.25, 0.3) is 5.91 Å². The molecular formula is C22H25N3O2S. The minimum atomic E-state index is 0.0804.